The maximum Gasteiger partial charge on any atom is 0.282 e. The van der Waals surface area contributed by atoms with Crippen molar-refractivity contribution < 1.29 is 23.1 Å². The molecule has 0 spiro atoms. The van der Waals surface area contributed by atoms with E-state index in [0.717, 1.165) is 42.3 Å². The predicted molar refractivity (Wildman–Crippen MR) is 149 cm³/mol. The topological polar surface area (TPSA) is 150 Å². The third-order valence-corrected chi connectivity index (χ3v) is 8.50. The zero-order chi connectivity index (χ0) is 29.8. The van der Waals surface area contributed by atoms with Gasteiger partial charge in [0.2, 0.25) is 0 Å². The Kier molecular flexibility index (Phi) is 6.90. The van der Waals surface area contributed by atoms with Gasteiger partial charge in [-0.3, -0.25) is 14.3 Å². The SMILES string of the molecule is CCn1ncc([C@@H](c2nc3nc(-c4c[n+]([O-])ccc4C(=O)N4CC(F)(F)C4)ccc3[nH]2)C2CCC(C)CC2)c1C(N)=O. The average molecular weight is 579 g/mol. The van der Waals surface area contributed by atoms with E-state index in [0.29, 0.717) is 45.6 Å². The van der Waals surface area contributed by atoms with Crippen LogP contribution in [-0.4, -0.2) is 60.5 Å². The summed E-state index contributed by atoms with van der Waals surface area (Å²) in [5.74, 6) is -2.91. The number of rotatable bonds is 7. The lowest BCUT2D eigenvalue weighted by atomic mass is 9.73. The Bertz CT molecular complexity index is 1670. The van der Waals surface area contributed by atoms with Crippen molar-refractivity contribution in [3.63, 3.8) is 0 Å². The summed E-state index contributed by atoms with van der Waals surface area (Å²) >= 11 is 0. The summed E-state index contributed by atoms with van der Waals surface area (Å²) in [7, 11) is 0. The van der Waals surface area contributed by atoms with Gasteiger partial charge in [0.25, 0.3) is 17.7 Å². The molecule has 6 rings (SSSR count). The normalized spacial score (nSPS) is 20.8. The van der Waals surface area contributed by atoms with E-state index in [1.165, 1.54) is 12.3 Å². The van der Waals surface area contributed by atoms with E-state index in [-0.39, 0.29) is 23.0 Å². The monoisotopic (exact) mass is 578 g/mol. The summed E-state index contributed by atoms with van der Waals surface area (Å²) < 4.78 is 29.1. The van der Waals surface area contributed by atoms with Crippen molar-refractivity contribution in [3.8, 4) is 11.3 Å². The number of aryl methyl sites for hydroxylation is 1. The molecule has 11 nitrogen and oxygen atoms in total. The minimum absolute atomic E-state index is 0.104. The first kappa shape index (κ1) is 27.7. The van der Waals surface area contributed by atoms with Gasteiger partial charge in [-0.15, -0.1) is 0 Å². The highest BCUT2D eigenvalue weighted by atomic mass is 19.3. The number of halogens is 2. The molecule has 5 heterocycles. The smallest absolute Gasteiger partial charge is 0.282 e. The number of fused-ring (bicyclic) bond motifs is 1. The lowest BCUT2D eigenvalue weighted by Crippen LogP contribution is -2.58. The Balaban J connectivity index is 1.41. The highest BCUT2D eigenvalue weighted by molar-refractivity contribution is 6.01. The fraction of sp³-hybridized carbons (Fsp3) is 0.448. The van der Waals surface area contributed by atoms with Crippen molar-refractivity contribution in [2.75, 3.05) is 13.1 Å². The van der Waals surface area contributed by atoms with Gasteiger partial charge in [0.05, 0.1) is 41.6 Å². The highest BCUT2D eigenvalue weighted by Gasteiger charge is 2.47. The first-order chi connectivity index (χ1) is 20.0. The number of pyridine rings is 2. The number of hydrogen-bond donors (Lipinski definition) is 2. The molecule has 2 fully saturated rings. The molecule has 1 atom stereocenters. The molecular weight excluding hydrogens is 546 g/mol. The third kappa shape index (κ3) is 4.96. The number of alkyl halides is 2. The number of aromatic nitrogens is 6. The van der Waals surface area contributed by atoms with Gasteiger partial charge in [0.15, 0.2) is 18.0 Å². The van der Waals surface area contributed by atoms with Crippen molar-refractivity contribution in [3.05, 3.63) is 64.6 Å². The molecule has 0 bridgehead atoms. The second-order valence-electron chi connectivity index (χ2n) is 11.5. The zero-order valence-electron chi connectivity index (χ0n) is 23.4. The number of nitrogens with one attached hydrogen (secondary N) is 1. The van der Waals surface area contributed by atoms with Gasteiger partial charge in [-0.05, 0) is 43.7 Å². The fourth-order valence-corrected chi connectivity index (χ4v) is 6.28. The van der Waals surface area contributed by atoms with E-state index in [1.807, 2.05) is 6.92 Å². The molecule has 13 heteroatoms. The maximum atomic E-state index is 13.5. The largest absolute Gasteiger partial charge is 0.619 e. The number of amides is 2. The number of nitrogens with zero attached hydrogens (tertiary/aromatic N) is 6. The summed E-state index contributed by atoms with van der Waals surface area (Å²) in [4.78, 5) is 39.5. The fourth-order valence-electron chi connectivity index (χ4n) is 6.28. The molecule has 4 aromatic rings. The van der Waals surface area contributed by atoms with Gasteiger partial charge >= 0.3 is 0 Å². The van der Waals surface area contributed by atoms with Crippen molar-refractivity contribution in [2.24, 2.45) is 17.6 Å². The molecule has 1 saturated carbocycles. The second kappa shape index (κ2) is 10.4. The number of likely N-dealkylation sites (tertiary alicyclic amines) is 1. The first-order valence-electron chi connectivity index (χ1n) is 14.2. The number of hydrogen-bond acceptors (Lipinski definition) is 6. The molecule has 0 aromatic carbocycles. The van der Waals surface area contributed by atoms with Crippen molar-refractivity contribution in [2.45, 2.75) is 57.9 Å². The number of carbonyl (C=O) groups is 2. The number of carbonyl (C=O) groups excluding carboxylic acids is 2. The van der Waals surface area contributed by atoms with Gasteiger partial charge in [0, 0.05) is 24.1 Å². The van der Waals surface area contributed by atoms with Crippen LogP contribution >= 0.6 is 0 Å². The van der Waals surface area contributed by atoms with Crippen LogP contribution in [-0.2, 0) is 6.54 Å². The Hall–Kier alpha value is -4.42. The van der Waals surface area contributed by atoms with Crippen LogP contribution in [0, 0.1) is 17.0 Å². The van der Waals surface area contributed by atoms with Crippen molar-refractivity contribution in [1.82, 2.24) is 29.6 Å². The number of imidazole rings is 1. The van der Waals surface area contributed by atoms with E-state index >= 15 is 0 Å². The van der Waals surface area contributed by atoms with E-state index in [9.17, 15) is 23.6 Å². The molecule has 1 aliphatic heterocycles. The van der Waals surface area contributed by atoms with Crippen molar-refractivity contribution in [1.29, 1.82) is 0 Å². The van der Waals surface area contributed by atoms with Crippen LogP contribution in [0.15, 0.2) is 36.8 Å². The second-order valence-corrected chi connectivity index (χ2v) is 11.5. The standard InChI is InChI=1S/C29H32F2N8O3/c1-3-39-24(25(32)40)19(12-33-39)23(17-6-4-16(2)5-7-17)27-35-22-9-8-21(34-26(22)36-27)20-13-38(42)11-10-18(20)28(41)37-14-29(30,31)15-37/h8-13,16-17,23H,3-7,14-15H2,1-2H3,(H2,32,40)(H,34,35,36)/t16?,17?,23-/m0/s1. The molecule has 4 aromatic heterocycles. The quantitative estimate of drug-likeness (QED) is 0.253. The van der Waals surface area contributed by atoms with E-state index in [4.69, 9.17) is 10.7 Å². The zero-order valence-corrected chi connectivity index (χ0v) is 23.4. The highest BCUT2D eigenvalue weighted by Crippen LogP contribution is 2.42. The van der Waals surface area contributed by atoms with Crippen LogP contribution in [0.3, 0.4) is 0 Å². The molecule has 2 aliphatic rings. The van der Waals surface area contributed by atoms with Gasteiger partial charge in [0.1, 0.15) is 11.5 Å². The molecule has 3 N–H and O–H groups in total. The first-order valence-corrected chi connectivity index (χ1v) is 14.2. The molecule has 1 saturated heterocycles. The van der Waals surface area contributed by atoms with Gasteiger partial charge in [-0.2, -0.15) is 9.83 Å². The minimum Gasteiger partial charge on any atom is -0.619 e. The molecule has 2 amide bonds. The molecular formula is C29H32F2N8O3. The Morgan fingerprint density at radius 2 is 1.93 bits per heavy atom. The van der Waals surface area contributed by atoms with Crippen LogP contribution in [0.25, 0.3) is 22.4 Å². The van der Waals surface area contributed by atoms with Crippen molar-refractivity contribution >= 4 is 23.0 Å². The van der Waals surface area contributed by atoms with Crippen LogP contribution in [0.5, 0.6) is 0 Å². The summed E-state index contributed by atoms with van der Waals surface area (Å²) in [6.07, 6.45) is 8.07. The van der Waals surface area contributed by atoms with Crippen LogP contribution in [0.1, 0.15) is 77.7 Å². The Morgan fingerprint density at radius 1 is 1.19 bits per heavy atom. The van der Waals surface area contributed by atoms with Crippen LogP contribution < -0.4 is 10.5 Å². The molecule has 0 unspecified atom stereocenters. The van der Waals surface area contributed by atoms with Gasteiger partial charge < -0.3 is 20.8 Å². The Labute approximate surface area is 240 Å². The molecule has 0 radical (unpaired) electrons. The average Bonchev–Trinajstić information content (AvgIpc) is 3.56. The number of nitrogens with two attached hydrogens (primary N) is 1. The van der Waals surface area contributed by atoms with Gasteiger partial charge in [-0.25, -0.2) is 18.7 Å². The maximum absolute atomic E-state index is 13.5. The summed E-state index contributed by atoms with van der Waals surface area (Å²) in [5, 5.41) is 16.6. The van der Waals surface area contributed by atoms with Gasteiger partial charge in [-0.1, -0.05) is 19.8 Å². The summed E-state index contributed by atoms with van der Waals surface area (Å²) in [5.41, 5.74) is 8.52. The van der Waals surface area contributed by atoms with E-state index in [2.05, 4.69) is 22.0 Å². The lowest BCUT2D eigenvalue weighted by molar-refractivity contribution is -0.604. The third-order valence-electron chi connectivity index (χ3n) is 8.50. The summed E-state index contributed by atoms with van der Waals surface area (Å²) in [6, 6.07) is 4.73. The lowest BCUT2D eigenvalue weighted by Gasteiger charge is -2.38. The molecule has 42 heavy (non-hydrogen) atoms. The Morgan fingerprint density at radius 3 is 2.60 bits per heavy atom. The van der Waals surface area contributed by atoms with Crippen LogP contribution in [0.4, 0.5) is 8.78 Å². The van der Waals surface area contributed by atoms with E-state index in [1.54, 1.807) is 23.0 Å². The number of aromatic amines is 1. The van der Waals surface area contributed by atoms with Crippen LogP contribution in [0.2, 0.25) is 0 Å². The number of H-pyrrole nitrogens is 1. The molecule has 220 valence electrons. The predicted octanol–water partition coefficient (Wildman–Crippen LogP) is 3.62. The number of primary amides is 1. The summed E-state index contributed by atoms with van der Waals surface area (Å²) in [6.45, 7) is 3.29. The molecule has 1 aliphatic carbocycles. The minimum atomic E-state index is -2.92. The van der Waals surface area contributed by atoms with E-state index < -0.39 is 30.8 Å².